The summed E-state index contributed by atoms with van der Waals surface area (Å²) in [4.78, 5) is 10.4. The monoisotopic (exact) mass is 407 g/mol. The van der Waals surface area contributed by atoms with Crippen molar-refractivity contribution in [1.29, 1.82) is 0 Å². The van der Waals surface area contributed by atoms with Crippen LogP contribution in [0.4, 0.5) is 5.69 Å². The molecule has 3 rings (SSSR count). The second-order valence-electron chi connectivity index (χ2n) is 6.13. The molecular weight excluding hydrogens is 386 g/mol. The Morgan fingerprint density at radius 3 is 2.35 bits per heavy atom. The van der Waals surface area contributed by atoms with Gasteiger partial charge >= 0.3 is 0 Å². The predicted molar refractivity (Wildman–Crippen MR) is 96.7 cm³/mol. The van der Waals surface area contributed by atoms with Crippen molar-refractivity contribution in [3.05, 3.63) is 22.2 Å². The summed E-state index contributed by atoms with van der Waals surface area (Å²) in [7, 11) is -2.11. The van der Waals surface area contributed by atoms with E-state index in [4.69, 9.17) is 9.47 Å². The van der Waals surface area contributed by atoms with E-state index in [-0.39, 0.29) is 42.0 Å². The van der Waals surface area contributed by atoms with Gasteiger partial charge in [0.25, 0.3) is 5.69 Å². The number of benzene rings is 1. The van der Waals surface area contributed by atoms with Gasteiger partial charge in [0, 0.05) is 19.2 Å². The molecule has 11 heteroatoms. The number of sulfonamides is 1. The van der Waals surface area contributed by atoms with Crippen molar-refractivity contribution in [1.82, 2.24) is 9.62 Å². The highest BCUT2D eigenvalue weighted by Gasteiger charge is 2.36. The zero-order valence-corrected chi connectivity index (χ0v) is 16.0. The fraction of sp³-hybridized carbons (Fsp3) is 0.600. The van der Waals surface area contributed by atoms with E-state index in [9.17, 15) is 18.5 Å². The fourth-order valence-electron chi connectivity index (χ4n) is 3.19. The lowest BCUT2D eigenvalue weighted by molar-refractivity contribution is -0.388. The topological polar surface area (TPSA) is 111 Å². The van der Waals surface area contributed by atoms with E-state index in [1.807, 2.05) is 7.05 Å². The molecule has 9 nitrogen and oxygen atoms in total. The van der Waals surface area contributed by atoms with Gasteiger partial charge in [0.2, 0.25) is 10.0 Å². The molecule has 26 heavy (non-hydrogen) atoms. The summed E-state index contributed by atoms with van der Waals surface area (Å²) < 4.78 is 38.0. The molecule has 0 bridgehead atoms. The van der Waals surface area contributed by atoms with Crippen molar-refractivity contribution < 1.29 is 22.8 Å². The van der Waals surface area contributed by atoms with Crippen molar-refractivity contribution >= 4 is 28.1 Å². The molecule has 146 valence electrons. The van der Waals surface area contributed by atoms with Crippen LogP contribution in [0.2, 0.25) is 0 Å². The van der Waals surface area contributed by atoms with Gasteiger partial charge in [-0.2, -0.15) is 4.31 Å². The van der Waals surface area contributed by atoms with Crippen LogP contribution in [0.15, 0.2) is 17.0 Å². The minimum Gasteiger partial charge on any atom is -0.486 e. The largest absolute Gasteiger partial charge is 0.486 e. The lowest BCUT2D eigenvalue weighted by atomic mass is 9.98. The standard InChI is InChI=1S/C15H21N3O6S.ClH/c1-16-10-11-2-4-17(5-3-11)25(21,22)15-9-14-13(23-6-7-24-14)8-12(15)18(19)20;/h8-9,11,16H,2-7,10H2,1H3;1H. The average Bonchev–Trinajstić information content (AvgIpc) is 2.61. The molecule has 1 N–H and O–H groups in total. The SMILES string of the molecule is CNCC1CCN(S(=O)(=O)c2cc3c(cc2[N+](=O)[O-])OCCO3)CC1.Cl. The Hall–Kier alpha value is -1.62. The molecule has 0 aromatic heterocycles. The highest BCUT2D eigenvalue weighted by Crippen LogP contribution is 2.40. The van der Waals surface area contributed by atoms with Gasteiger partial charge in [-0.05, 0) is 32.4 Å². The molecule has 2 aliphatic heterocycles. The number of nitro benzene ring substituents is 1. The summed E-state index contributed by atoms with van der Waals surface area (Å²) in [6.07, 6.45) is 1.44. The van der Waals surface area contributed by atoms with E-state index in [0.717, 1.165) is 25.5 Å². The Labute approximate surface area is 158 Å². The number of hydrogen-bond donors (Lipinski definition) is 1. The maximum Gasteiger partial charge on any atom is 0.293 e. The Kier molecular flexibility index (Phi) is 6.67. The van der Waals surface area contributed by atoms with E-state index in [0.29, 0.717) is 19.0 Å². The number of ether oxygens (including phenoxy) is 2. The van der Waals surface area contributed by atoms with Gasteiger partial charge in [-0.15, -0.1) is 12.4 Å². The highest BCUT2D eigenvalue weighted by molar-refractivity contribution is 7.89. The number of nitrogens with one attached hydrogen (secondary N) is 1. The van der Waals surface area contributed by atoms with Gasteiger partial charge in [-0.1, -0.05) is 0 Å². The molecule has 2 aliphatic rings. The molecule has 0 spiro atoms. The van der Waals surface area contributed by atoms with E-state index in [1.54, 1.807) is 0 Å². The number of hydrogen-bond acceptors (Lipinski definition) is 7. The molecule has 0 amide bonds. The van der Waals surface area contributed by atoms with Crippen molar-refractivity contribution in [2.24, 2.45) is 5.92 Å². The Morgan fingerprint density at radius 1 is 1.23 bits per heavy atom. The average molecular weight is 408 g/mol. The van der Waals surface area contributed by atoms with E-state index >= 15 is 0 Å². The molecule has 0 radical (unpaired) electrons. The Morgan fingerprint density at radius 2 is 1.81 bits per heavy atom. The molecule has 1 saturated heterocycles. The van der Waals surface area contributed by atoms with Gasteiger partial charge in [0.15, 0.2) is 16.4 Å². The second-order valence-corrected chi connectivity index (χ2v) is 8.03. The quantitative estimate of drug-likeness (QED) is 0.580. The minimum atomic E-state index is -3.97. The van der Waals surface area contributed by atoms with E-state index in [2.05, 4.69) is 5.32 Å². The third kappa shape index (κ3) is 4.03. The van der Waals surface area contributed by atoms with Crippen LogP contribution < -0.4 is 14.8 Å². The second kappa shape index (κ2) is 8.38. The Bertz CT molecular complexity index is 765. The number of nitrogens with zero attached hydrogens (tertiary/aromatic N) is 2. The first kappa shape index (κ1) is 20.7. The van der Waals surface area contributed by atoms with Crippen LogP contribution in [0.5, 0.6) is 11.5 Å². The summed E-state index contributed by atoms with van der Waals surface area (Å²) in [5.74, 6) is 0.830. The van der Waals surface area contributed by atoms with E-state index in [1.165, 1.54) is 10.4 Å². The van der Waals surface area contributed by atoms with Crippen LogP contribution >= 0.6 is 12.4 Å². The summed E-state index contributed by atoms with van der Waals surface area (Å²) >= 11 is 0. The number of fused-ring (bicyclic) bond motifs is 1. The molecular formula is C15H22ClN3O6S. The normalized spacial score (nSPS) is 18.2. The minimum absolute atomic E-state index is 0. The molecule has 0 unspecified atom stereocenters. The number of piperidine rings is 1. The Balaban J connectivity index is 0.00000243. The third-order valence-corrected chi connectivity index (χ3v) is 6.43. The molecule has 1 aromatic rings. The highest BCUT2D eigenvalue weighted by atomic mass is 35.5. The maximum absolute atomic E-state index is 13.0. The van der Waals surface area contributed by atoms with Crippen molar-refractivity contribution in [3.63, 3.8) is 0 Å². The van der Waals surface area contributed by atoms with Gasteiger partial charge in [-0.25, -0.2) is 8.42 Å². The van der Waals surface area contributed by atoms with Crippen LogP contribution in [0.25, 0.3) is 0 Å². The van der Waals surface area contributed by atoms with Crippen LogP contribution in [0.3, 0.4) is 0 Å². The van der Waals surface area contributed by atoms with Gasteiger partial charge < -0.3 is 14.8 Å². The summed E-state index contributed by atoms with van der Waals surface area (Å²) in [5.41, 5.74) is -0.485. The fourth-order valence-corrected chi connectivity index (χ4v) is 4.81. The molecule has 0 saturated carbocycles. The summed E-state index contributed by atoms with van der Waals surface area (Å²) in [5, 5.41) is 14.5. The lowest BCUT2D eigenvalue weighted by Gasteiger charge is -2.31. The summed E-state index contributed by atoms with van der Waals surface area (Å²) in [6.45, 7) is 2.08. The molecule has 0 aliphatic carbocycles. The first-order valence-electron chi connectivity index (χ1n) is 8.16. The van der Waals surface area contributed by atoms with Crippen molar-refractivity contribution in [2.75, 3.05) is 39.9 Å². The smallest absolute Gasteiger partial charge is 0.293 e. The third-order valence-electron chi connectivity index (χ3n) is 4.50. The van der Waals surface area contributed by atoms with Crippen LogP contribution in [0.1, 0.15) is 12.8 Å². The van der Waals surface area contributed by atoms with Crippen LogP contribution in [-0.2, 0) is 10.0 Å². The first-order chi connectivity index (χ1) is 11.9. The van der Waals surface area contributed by atoms with Crippen molar-refractivity contribution in [3.8, 4) is 11.5 Å². The number of nitro groups is 1. The molecule has 0 atom stereocenters. The lowest BCUT2D eigenvalue weighted by Crippen LogP contribution is -2.40. The molecule has 1 aromatic carbocycles. The van der Waals surface area contributed by atoms with Crippen LogP contribution in [0, 0.1) is 16.0 Å². The zero-order chi connectivity index (χ0) is 18.0. The molecule has 2 heterocycles. The predicted octanol–water partition coefficient (Wildman–Crippen LogP) is 1.41. The van der Waals surface area contributed by atoms with Gasteiger partial charge in [-0.3, -0.25) is 10.1 Å². The van der Waals surface area contributed by atoms with Crippen LogP contribution in [-0.4, -0.2) is 57.5 Å². The van der Waals surface area contributed by atoms with Crippen molar-refractivity contribution in [2.45, 2.75) is 17.7 Å². The van der Waals surface area contributed by atoms with E-state index < -0.39 is 20.6 Å². The number of rotatable bonds is 5. The molecule has 1 fully saturated rings. The van der Waals surface area contributed by atoms with Gasteiger partial charge in [0.1, 0.15) is 13.2 Å². The maximum atomic E-state index is 13.0. The van der Waals surface area contributed by atoms with Gasteiger partial charge in [0.05, 0.1) is 11.0 Å². The first-order valence-corrected chi connectivity index (χ1v) is 9.60. The number of halogens is 1. The summed E-state index contributed by atoms with van der Waals surface area (Å²) in [6, 6.07) is 2.34. The zero-order valence-electron chi connectivity index (χ0n) is 14.3.